The molecule has 4 rings (SSSR count). The summed E-state index contributed by atoms with van der Waals surface area (Å²) in [5.41, 5.74) is 1.41. The van der Waals surface area contributed by atoms with Gasteiger partial charge in [0.1, 0.15) is 5.57 Å². The lowest BCUT2D eigenvalue weighted by Gasteiger charge is -2.35. The third-order valence-corrected chi connectivity index (χ3v) is 5.92. The number of likely N-dealkylation sites (tertiary alicyclic amines) is 1. The molecule has 0 atom stereocenters. The van der Waals surface area contributed by atoms with Gasteiger partial charge in [-0.25, -0.2) is 0 Å². The third kappa shape index (κ3) is 3.06. The van der Waals surface area contributed by atoms with Crippen molar-refractivity contribution in [2.75, 3.05) is 13.1 Å². The molecule has 1 fully saturated rings. The number of nitrogens with zero attached hydrogens (tertiary/aromatic N) is 2. The van der Waals surface area contributed by atoms with Crippen molar-refractivity contribution in [2.24, 2.45) is 0 Å². The van der Waals surface area contributed by atoms with Gasteiger partial charge in [0.2, 0.25) is 0 Å². The second kappa shape index (κ2) is 7.05. The van der Waals surface area contributed by atoms with E-state index in [2.05, 4.69) is 17.0 Å². The van der Waals surface area contributed by atoms with Crippen LogP contribution in [-0.4, -0.2) is 45.9 Å². The smallest absolute Gasteiger partial charge is 0.296 e. The van der Waals surface area contributed by atoms with Gasteiger partial charge in [-0.3, -0.25) is 19.4 Å². The van der Waals surface area contributed by atoms with Crippen molar-refractivity contribution in [1.29, 1.82) is 0 Å². The first-order valence-corrected chi connectivity index (χ1v) is 9.64. The van der Waals surface area contributed by atoms with Crippen molar-refractivity contribution in [3.63, 3.8) is 0 Å². The van der Waals surface area contributed by atoms with Crippen molar-refractivity contribution in [2.45, 2.75) is 25.4 Å². The van der Waals surface area contributed by atoms with Crippen LogP contribution in [0.1, 0.15) is 23.3 Å². The lowest BCUT2D eigenvalue weighted by molar-refractivity contribution is -0.141. The lowest BCUT2D eigenvalue weighted by Crippen LogP contribution is -2.47. The summed E-state index contributed by atoms with van der Waals surface area (Å²) in [5.74, 6) is -1.33. The van der Waals surface area contributed by atoms with Crippen molar-refractivity contribution in [1.82, 2.24) is 9.80 Å². The first-order valence-electron chi connectivity index (χ1n) is 8.76. The van der Waals surface area contributed by atoms with E-state index in [1.165, 1.54) is 21.8 Å². The third-order valence-electron chi connectivity index (χ3n) is 5.03. The number of benzene rings is 1. The fourth-order valence-corrected chi connectivity index (χ4v) is 4.45. The van der Waals surface area contributed by atoms with Crippen LogP contribution < -0.4 is 0 Å². The first-order chi connectivity index (χ1) is 12.6. The van der Waals surface area contributed by atoms with E-state index in [9.17, 15) is 14.7 Å². The SMILES string of the molecule is O=C1C(O)=C(c2cccs2)C(=O)N1C1CCN(Cc2ccccc2)CC1. The minimum Gasteiger partial charge on any atom is -0.502 e. The van der Waals surface area contributed by atoms with Crippen LogP contribution in [0.5, 0.6) is 0 Å². The fraction of sp³-hybridized carbons (Fsp3) is 0.300. The Morgan fingerprint density at radius 2 is 1.73 bits per heavy atom. The highest BCUT2D eigenvalue weighted by Crippen LogP contribution is 2.34. The molecule has 2 amide bonds. The largest absolute Gasteiger partial charge is 0.502 e. The van der Waals surface area contributed by atoms with E-state index >= 15 is 0 Å². The van der Waals surface area contributed by atoms with E-state index < -0.39 is 11.7 Å². The monoisotopic (exact) mass is 368 g/mol. The zero-order valence-electron chi connectivity index (χ0n) is 14.3. The Labute approximate surface area is 156 Å². The molecule has 0 unspecified atom stereocenters. The Bertz CT molecular complexity index is 837. The number of hydrogen-bond acceptors (Lipinski definition) is 5. The zero-order chi connectivity index (χ0) is 18.1. The van der Waals surface area contributed by atoms with Crippen LogP contribution in [0.3, 0.4) is 0 Å². The summed E-state index contributed by atoms with van der Waals surface area (Å²) in [6, 6.07) is 13.7. The van der Waals surface area contributed by atoms with E-state index in [-0.39, 0.29) is 17.5 Å². The molecule has 5 nitrogen and oxygen atoms in total. The van der Waals surface area contributed by atoms with Gasteiger partial charge >= 0.3 is 0 Å². The maximum absolute atomic E-state index is 12.8. The van der Waals surface area contributed by atoms with Gasteiger partial charge in [0.05, 0.1) is 0 Å². The van der Waals surface area contributed by atoms with Gasteiger partial charge in [-0.2, -0.15) is 0 Å². The molecule has 1 aromatic carbocycles. The molecule has 1 aromatic heterocycles. The fourth-order valence-electron chi connectivity index (χ4n) is 3.69. The molecule has 0 aliphatic carbocycles. The molecule has 1 N–H and O–H groups in total. The van der Waals surface area contributed by atoms with Crippen LogP contribution in [-0.2, 0) is 16.1 Å². The molecule has 2 aliphatic heterocycles. The van der Waals surface area contributed by atoms with Gasteiger partial charge in [0.25, 0.3) is 11.8 Å². The van der Waals surface area contributed by atoms with E-state index in [0.29, 0.717) is 4.88 Å². The van der Waals surface area contributed by atoms with E-state index in [0.717, 1.165) is 32.5 Å². The number of carbonyl (C=O) groups is 2. The number of imide groups is 1. The molecular formula is C20H20N2O3S. The van der Waals surface area contributed by atoms with Gasteiger partial charge in [0.15, 0.2) is 5.76 Å². The molecule has 1 saturated heterocycles. The molecule has 0 spiro atoms. The Balaban J connectivity index is 1.42. The Morgan fingerprint density at radius 1 is 1.00 bits per heavy atom. The van der Waals surface area contributed by atoms with Gasteiger partial charge in [-0.1, -0.05) is 36.4 Å². The highest BCUT2D eigenvalue weighted by Gasteiger charge is 2.44. The Hall–Kier alpha value is -2.44. The van der Waals surface area contributed by atoms with Crippen LogP contribution >= 0.6 is 11.3 Å². The molecule has 3 heterocycles. The van der Waals surface area contributed by atoms with Gasteiger partial charge in [-0.05, 0) is 29.9 Å². The summed E-state index contributed by atoms with van der Waals surface area (Å²) >= 11 is 1.35. The van der Waals surface area contributed by atoms with Crippen molar-refractivity contribution >= 4 is 28.7 Å². The van der Waals surface area contributed by atoms with Crippen molar-refractivity contribution < 1.29 is 14.7 Å². The average Bonchev–Trinajstić information content (AvgIpc) is 3.25. The summed E-state index contributed by atoms with van der Waals surface area (Å²) in [6.45, 7) is 2.52. The molecule has 26 heavy (non-hydrogen) atoms. The molecule has 2 aliphatic rings. The molecule has 6 heteroatoms. The van der Waals surface area contributed by atoms with Crippen LogP contribution in [0.15, 0.2) is 53.6 Å². The van der Waals surface area contributed by atoms with Crippen molar-refractivity contribution in [3.05, 3.63) is 64.0 Å². The van der Waals surface area contributed by atoms with Crippen molar-refractivity contribution in [3.8, 4) is 0 Å². The predicted molar refractivity (Wildman–Crippen MR) is 100 cm³/mol. The minimum atomic E-state index is -0.556. The number of piperidine rings is 1. The first kappa shape index (κ1) is 17.0. The Morgan fingerprint density at radius 3 is 2.38 bits per heavy atom. The predicted octanol–water partition coefficient (Wildman–Crippen LogP) is 3.05. The maximum atomic E-state index is 12.8. The summed E-state index contributed by atoms with van der Waals surface area (Å²) in [5, 5.41) is 12.0. The van der Waals surface area contributed by atoms with Crippen LogP contribution in [0.4, 0.5) is 0 Å². The Kier molecular flexibility index (Phi) is 4.61. The highest BCUT2D eigenvalue weighted by atomic mass is 32.1. The van der Waals surface area contributed by atoms with E-state index in [4.69, 9.17) is 0 Å². The maximum Gasteiger partial charge on any atom is 0.296 e. The van der Waals surface area contributed by atoms with Crippen LogP contribution in [0, 0.1) is 0 Å². The normalized spacial score (nSPS) is 19.6. The minimum absolute atomic E-state index is 0.150. The van der Waals surface area contributed by atoms with Gasteiger partial charge in [0, 0.05) is 30.6 Å². The molecule has 0 radical (unpaired) electrons. The molecular weight excluding hydrogens is 348 g/mol. The summed E-state index contributed by atoms with van der Waals surface area (Å²) in [7, 11) is 0. The van der Waals surface area contributed by atoms with Gasteiger partial charge < -0.3 is 5.11 Å². The number of amides is 2. The van der Waals surface area contributed by atoms with E-state index in [1.54, 1.807) is 6.07 Å². The number of thiophene rings is 1. The standard InChI is InChI=1S/C20H20N2O3S/c23-18-17(16-7-4-12-26-16)19(24)22(20(18)25)15-8-10-21(11-9-15)13-14-5-2-1-3-6-14/h1-7,12,15,23H,8-11,13H2. The quantitative estimate of drug-likeness (QED) is 0.843. The highest BCUT2D eigenvalue weighted by molar-refractivity contribution is 7.11. The zero-order valence-corrected chi connectivity index (χ0v) is 15.1. The molecule has 0 saturated carbocycles. The topological polar surface area (TPSA) is 60.9 Å². The average molecular weight is 368 g/mol. The number of hydrogen-bond donors (Lipinski definition) is 1. The molecule has 134 valence electrons. The second-order valence-electron chi connectivity index (χ2n) is 6.67. The number of rotatable bonds is 4. The van der Waals surface area contributed by atoms with Gasteiger partial charge in [-0.15, -0.1) is 11.3 Å². The van der Waals surface area contributed by atoms with Crippen LogP contribution in [0.25, 0.3) is 5.57 Å². The summed E-state index contributed by atoms with van der Waals surface area (Å²) in [4.78, 5) is 29.5. The number of carbonyl (C=O) groups excluding carboxylic acids is 2. The molecule has 2 aromatic rings. The number of aliphatic hydroxyl groups is 1. The van der Waals surface area contributed by atoms with E-state index in [1.807, 2.05) is 29.6 Å². The van der Waals surface area contributed by atoms with Crippen LogP contribution in [0.2, 0.25) is 0 Å². The second-order valence-corrected chi connectivity index (χ2v) is 7.62. The number of aliphatic hydroxyl groups excluding tert-OH is 1. The summed E-state index contributed by atoms with van der Waals surface area (Å²) < 4.78 is 0. The lowest BCUT2D eigenvalue weighted by atomic mass is 10.0. The molecule has 0 bridgehead atoms. The summed E-state index contributed by atoms with van der Waals surface area (Å²) in [6.07, 6.45) is 1.46.